The van der Waals surface area contributed by atoms with Crippen LogP contribution in [0.5, 0.6) is 0 Å². The van der Waals surface area contributed by atoms with Crippen molar-refractivity contribution in [2.24, 2.45) is 0 Å². The molecule has 0 aliphatic heterocycles. The van der Waals surface area contributed by atoms with Crippen molar-refractivity contribution in [1.29, 1.82) is 0 Å². The first-order valence-corrected chi connectivity index (χ1v) is 17.5. The molecule has 0 radical (unpaired) electrons. The minimum atomic E-state index is -4.45. The highest BCUT2D eigenvalue weighted by Crippen LogP contribution is 2.45. The number of aromatic nitrogens is 1. The van der Waals surface area contributed by atoms with Crippen LogP contribution in [-0.2, 0) is 18.9 Å². The Kier molecular flexibility index (Phi) is 9.69. The molecule has 0 N–H and O–H groups in total. The Hall–Kier alpha value is -4.30. The third kappa shape index (κ3) is 7.68. The minimum absolute atomic E-state index is 0.346. The molecular weight excluding hydrogens is 603 g/mol. The number of rotatable bonds is 10. The number of alkyl halides is 3. The number of anilines is 1. The zero-order chi connectivity index (χ0) is 31.1. The molecule has 0 unspecified atom stereocenters. The average Bonchev–Trinajstić information content (AvgIpc) is 3.08. The lowest BCUT2D eigenvalue weighted by molar-refractivity contribution is -0.137. The Morgan fingerprint density at radius 1 is 0.511 bits per heavy atom. The summed E-state index contributed by atoms with van der Waals surface area (Å²) >= 11 is 0. The molecular formula is C38H31F3N2P2. The number of hydrogen-bond acceptors (Lipinski definition) is 2. The maximum absolute atomic E-state index is 13.9. The molecule has 6 aromatic rings. The number of nitrogens with zero attached hydrogens (tertiary/aromatic N) is 2. The topological polar surface area (TPSA) is 16.1 Å². The van der Waals surface area contributed by atoms with Crippen LogP contribution in [0.1, 0.15) is 17.0 Å². The van der Waals surface area contributed by atoms with Gasteiger partial charge in [-0.05, 0) is 48.9 Å². The molecule has 0 fully saturated rings. The first-order chi connectivity index (χ1) is 22.0. The van der Waals surface area contributed by atoms with Gasteiger partial charge in [-0.15, -0.1) is 0 Å². The van der Waals surface area contributed by atoms with Gasteiger partial charge in [0.2, 0.25) is 0 Å². The summed E-state index contributed by atoms with van der Waals surface area (Å²) in [6.45, 7) is 0.346. The fourth-order valence-electron chi connectivity index (χ4n) is 5.25. The van der Waals surface area contributed by atoms with Crippen LogP contribution < -0.4 is 25.9 Å². The van der Waals surface area contributed by atoms with Crippen LogP contribution >= 0.6 is 16.0 Å². The lowest BCUT2D eigenvalue weighted by Gasteiger charge is -2.34. The van der Waals surface area contributed by atoms with E-state index in [1.165, 1.54) is 22.7 Å². The summed E-state index contributed by atoms with van der Waals surface area (Å²) in [5, 5.41) is 4.63. The first kappa shape index (κ1) is 30.7. The minimum Gasteiger partial charge on any atom is -0.337 e. The monoisotopic (exact) mass is 634 g/mol. The predicted octanol–water partition coefficient (Wildman–Crippen LogP) is 8.79. The second-order valence-electron chi connectivity index (χ2n) is 10.5. The average molecular weight is 635 g/mol. The molecule has 1 heterocycles. The molecule has 5 aromatic carbocycles. The van der Waals surface area contributed by atoms with Crippen molar-refractivity contribution < 1.29 is 13.2 Å². The summed E-state index contributed by atoms with van der Waals surface area (Å²) in [4.78, 5) is 5.13. The molecule has 0 aliphatic rings. The van der Waals surface area contributed by atoms with Gasteiger partial charge in [-0.3, -0.25) is 4.98 Å². The van der Waals surface area contributed by atoms with E-state index < -0.39 is 27.7 Å². The van der Waals surface area contributed by atoms with Gasteiger partial charge < -0.3 is 4.67 Å². The van der Waals surface area contributed by atoms with Gasteiger partial charge in [-0.2, -0.15) is 13.2 Å². The molecule has 1 aromatic heterocycles. The number of benzene rings is 5. The van der Waals surface area contributed by atoms with E-state index in [1.54, 1.807) is 6.07 Å². The van der Waals surface area contributed by atoms with E-state index in [1.807, 2.05) is 60.7 Å². The van der Waals surface area contributed by atoms with E-state index in [-0.39, 0.29) is 0 Å². The SMILES string of the molecule is FC(F)(F)c1cccc(N(Cc2cccc(CP(c3ccccc3)c3ccccc3)n2)P(c2ccccc2)c2ccccc2)c1. The molecule has 7 heteroatoms. The lowest BCUT2D eigenvalue weighted by atomic mass is 10.2. The van der Waals surface area contributed by atoms with Crippen molar-refractivity contribution in [3.8, 4) is 0 Å². The summed E-state index contributed by atoms with van der Waals surface area (Å²) in [6.07, 6.45) is -3.69. The molecule has 224 valence electrons. The van der Waals surface area contributed by atoms with Crippen LogP contribution in [0.25, 0.3) is 0 Å². The number of hydrogen-bond donors (Lipinski definition) is 0. The summed E-state index contributed by atoms with van der Waals surface area (Å²) in [5.41, 5.74) is 1.60. The maximum atomic E-state index is 13.9. The van der Waals surface area contributed by atoms with Crippen molar-refractivity contribution in [2.75, 3.05) is 4.67 Å². The van der Waals surface area contributed by atoms with Crippen molar-refractivity contribution in [3.63, 3.8) is 0 Å². The standard InChI is InChI=1S/C38H31F3N2P2/c39-38(40,41)30-15-13-18-33(27-30)43(45(36-23-9-3-10-24-36)37-25-11-4-12-26-37)28-31-16-14-17-32(42-31)29-44(34-19-5-1-6-20-34)35-21-7-2-8-22-35/h1-27H,28-29H2. The molecule has 2 nitrogen and oxygen atoms in total. The van der Waals surface area contributed by atoms with Gasteiger partial charge in [0, 0.05) is 28.2 Å². The Balaban J connectivity index is 1.41. The molecule has 0 bridgehead atoms. The van der Waals surface area contributed by atoms with Gasteiger partial charge in [-0.25, -0.2) is 0 Å². The van der Waals surface area contributed by atoms with E-state index in [4.69, 9.17) is 4.98 Å². The van der Waals surface area contributed by atoms with Gasteiger partial charge in [0.05, 0.1) is 25.9 Å². The van der Waals surface area contributed by atoms with Crippen molar-refractivity contribution in [3.05, 3.63) is 181 Å². The molecule has 6 rings (SSSR count). The van der Waals surface area contributed by atoms with E-state index in [0.29, 0.717) is 12.2 Å². The van der Waals surface area contributed by atoms with E-state index in [0.717, 1.165) is 34.2 Å². The third-order valence-corrected chi connectivity index (χ3v) is 12.3. The van der Waals surface area contributed by atoms with Crippen LogP contribution in [0.15, 0.2) is 164 Å². The van der Waals surface area contributed by atoms with Gasteiger partial charge in [0.15, 0.2) is 0 Å². The largest absolute Gasteiger partial charge is 0.416 e. The highest BCUT2D eigenvalue weighted by molar-refractivity contribution is 7.74. The van der Waals surface area contributed by atoms with Crippen LogP contribution in [0.3, 0.4) is 0 Å². The van der Waals surface area contributed by atoms with Crippen molar-refractivity contribution in [1.82, 2.24) is 4.98 Å². The van der Waals surface area contributed by atoms with Gasteiger partial charge in [0.1, 0.15) is 0 Å². The fourth-order valence-corrected chi connectivity index (χ4v) is 9.89. The third-order valence-electron chi connectivity index (χ3n) is 7.35. The summed E-state index contributed by atoms with van der Waals surface area (Å²) < 4.78 is 43.9. The van der Waals surface area contributed by atoms with Gasteiger partial charge in [-0.1, -0.05) is 133 Å². The quantitative estimate of drug-likeness (QED) is 0.140. The smallest absolute Gasteiger partial charge is 0.337 e. The van der Waals surface area contributed by atoms with Crippen LogP contribution in [0, 0.1) is 0 Å². The van der Waals surface area contributed by atoms with Crippen LogP contribution in [-0.4, -0.2) is 4.98 Å². The Morgan fingerprint density at radius 2 is 0.978 bits per heavy atom. The van der Waals surface area contributed by atoms with Gasteiger partial charge in [0.25, 0.3) is 0 Å². The highest BCUT2D eigenvalue weighted by Gasteiger charge is 2.32. The summed E-state index contributed by atoms with van der Waals surface area (Å²) in [5.74, 6) is 0. The normalized spacial score (nSPS) is 11.6. The Bertz CT molecular complexity index is 1720. The molecule has 0 aliphatic carbocycles. The Morgan fingerprint density at radius 3 is 1.49 bits per heavy atom. The van der Waals surface area contributed by atoms with Crippen LogP contribution in [0.4, 0.5) is 18.9 Å². The van der Waals surface area contributed by atoms with E-state index >= 15 is 0 Å². The number of halogens is 3. The molecule has 0 saturated carbocycles. The van der Waals surface area contributed by atoms with Gasteiger partial charge >= 0.3 is 6.18 Å². The second kappa shape index (κ2) is 14.2. The fraction of sp³-hybridized carbons (Fsp3) is 0.0789. The van der Waals surface area contributed by atoms with Crippen molar-refractivity contribution in [2.45, 2.75) is 18.9 Å². The molecule has 0 amide bonds. The Labute approximate surface area is 264 Å². The maximum Gasteiger partial charge on any atom is 0.416 e. The molecule has 0 spiro atoms. The van der Waals surface area contributed by atoms with E-state index in [9.17, 15) is 13.2 Å². The van der Waals surface area contributed by atoms with E-state index in [2.05, 4.69) is 83.5 Å². The summed E-state index contributed by atoms with van der Waals surface area (Å²) in [7, 11) is -1.93. The van der Waals surface area contributed by atoms with Crippen LogP contribution in [0.2, 0.25) is 0 Å². The first-order valence-electron chi connectivity index (χ1n) is 14.6. The zero-order valence-corrected chi connectivity index (χ0v) is 26.2. The molecule has 45 heavy (non-hydrogen) atoms. The zero-order valence-electron chi connectivity index (χ0n) is 24.4. The summed E-state index contributed by atoms with van der Waals surface area (Å²) in [6, 6.07) is 52.7. The number of pyridine rings is 1. The second-order valence-corrected chi connectivity index (χ2v) is 14.8. The molecule has 0 atom stereocenters. The lowest BCUT2D eigenvalue weighted by Crippen LogP contribution is -2.29. The van der Waals surface area contributed by atoms with Crippen molar-refractivity contribution >= 4 is 42.9 Å². The predicted molar refractivity (Wildman–Crippen MR) is 184 cm³/mol. The molecule has 0 saturated heterocycles. The highest BCUT2D eigenvalue weighted by atomic mass is 31.1.